The minimum atomic E-state index is 0.587. The first kappa shape index (κ1) is 11.3. The molecule has 0 atom stereocenters. The molecule has 0 saturated carbocycles. The van der Waals surface area contributed by atoms with Gasteiger partial charge in [-0.05, 0) is 13.3 Å². The van der Waals surface area contributed by atoms with E-state index < -0.39 is 0 Å². The lowest BCUT2D eigenvalue weighted by Gasteiger charge is -2.11. The summed E-state index contributed by atoms with van der Waals surface area (Å²) in [4.78, 5) is 1.96. The average Bonchev–Trinajstić information content (AvgIpc) is 2.63. The van der Waals surface area contributed by atoms with Crippen molar-refractivity contribution in [2.45, 2.75) is 6.54 Å². The van der Waals surface area contributed by atoms with Gasteiger partial charge in [-0.15, -0.1) is 5.10 Å². The van der Waals surface area contributed by atoms with Gasteiger partial charge in [0, 0.05) is 19.3 Å². The van der Waals surface area contributed by atoms with Gasteiger partial charge in [0.2, 0.25) is 5.89 Å². The molecule has 0 aliphatic heterocycles. The van der Waals surface area contributed by atoms with E-state index in [-0.39, 0.29) is 0 Å². The van der Waals surface area contributed by atoms with Crippen LogP contribution in [0.4, 0.5) is 6.01 Å². The Morgan fingerprint density at radius 3 is 2.93 bits per heavy atom. The largest absolute Gasteiger partial charge is 0.407 e. The standard InChI is InChI=1S/C8H16N4OS/c1-9-6-7-10-11-8(13-7)12(2)4-5-14-3/h9H,4-6H2,1-3H3. The van der Waals surface area contributed by atoms with E-state index in [0.29, 0.717) is 18.5 Å². The molecule has 1 aromatic heterocycles. The minimum absolute atomic E-state index is 0.587. The zero-order valence-electron chi connectivity index (χ0n) is 8.78. The highest BCUT2D eigenvalue weighted by Crippen LogP contribution is 2.10. The van der Waals surface area contributed by atoms with Crippen LogP contribution in [0.15, 0.2) is 4.42 Å². The van der Waals surface area contributed by atoms with Gasteiger partial charge in [-0.3, -0.25) is 0 Å². The molecule has 14 heavy (non-hydrogen) atoms. The van der Waals surface area contributed by atoms with Gasteiger partial charge in [0.15, 0.2) is 0 Å². The molecule has 0 fully saturated rings. The van der Waals surface area contributed by atoms with E-state index in [9.17, 15) is 0 Å². The third-order valence-corrected chi connectivity index (χ3v) is 2.33. The number of hydrogen-bond donors (Lipinski definition) is 1. The van der Waals surface area contributed by atoms with E-state index in [1.54, 1.807) is 11.8 Å². The number of aromatic nitrogens is 2. The number of rotatable bonds is 6. The van der Waals surface area contributed by atoms with Crippen LogP contribution in [-0.4, -0.2) is 42.8 Å². The monoisotopic (exact) mass is 216 g/mol. The molecule has 0 aliphatic carbocycles. The topological polar surface area (TPSA) is 54.2 Å². The van der Waals surface area contributed by atoms with Gasteiger partial charge in [0.25, 0.3) is 0 Å². The predicted octanol–water partition coefficient (Wildman–Crippen LogP) is 0.588. The van der Waals surface area contributed by atoms with Crippen molar-refractivity contribution in [2.75, 3.05) is 37.5 Å². The quantitative estimate of drug-likeness (QED) is 0.751. The Morgan fingerprint density at radius 1 is 1.50 bits per heavy atom. The second-order valence-electron chi connectivity index (χ2n) is 2.92. The molecule has 6 heteroatoms. The Hall–Kier alpha value is -0.750. The molecule has 0 saturated heterocycles. The van der Waals surface area contributed by atoms with Gasteiger partial charge < -0.3 is 14.6 Å². The fourth-order valence-corrected chi connectivity index (χ4v) is 1.40. The molecule has 0 unspecified atom stereocenters. The zero-order valence-corrected chi connectivity index (χ0v) is 9.60. The fraction of sp³-hybridized carbons (Fsp3) is 0.750. The average molecular weight is 216 g/mol. The summed E-state index contributed by atoms with van der Waals surface area (Å²) in [5.74, 6) is 1.68. The van der Waals surface area contributed by atoms with Crippen LogP contribution < -0.4 is 10.2 Å². The Kier molecular flexibility index (Phi) is 4.75. The Balaban J connectivity index is 2.48. The first-order valence-electron chi connectivity index (χ1n) is 4.45. The molecule has 1 N–H and O–H groups in total. The Bertz CT molecular complexity index is 266. The maximum absolute atomic E-state index is 5.41. The van der Waals surface area contributed by atoms with E-state index >= 15 is 0 Å². The number of nitrogens with one attached hydrogen (secondary N) is 1. The first-order chi connectivity index (χ1) is 6.77. The highest BCUT2D eigenvalue weighted by Gasteiger charge is 2.08. The number of nitrogens with zero attached hydrogens (tertiary/aromatic N) is 3. The molecule has 1 rings (SSSR count). The summed E-state index contributed by atoms with van der Waals surface area (Å²) in [5, 5.41) is 10.8. The molecule has 0 bridgehead atoms. The van der Waals surface area contributed by atoms with Crippen LogP contribution in [0, 0.1) is 0 Å². The predicted molar refractivity (Wildman–Crippen MR) is 58.7 cm³/mol. The van der Waals surface area contributed by atoms with E-state index in [2.05, 4.69) is 21.8 Å². The summed E-state index contributed by atoms with van der Waals surface area (Å²) in [6, 6.07) is 0.587. The van der Waals surface area contributed by atoms with Gasteiger partial charge >= 0.3 is 6.01 Å². The molecule has 80 valence electrons. The maximum Gasteiger partial charge on any atom is 0.317 e. The van der Waals surface area contributed by atoms with Crippen molar-refractivity contribution in [3.63, 3.8) is 0 Å². The van der Waals surface area contributed by atoms with Gasteiger partial charge in [-0.2, -0.15) is 11.8 Å². The molecule has 0 amide bonds. The van der Waals surface area contributed by atoms with Crippen molar-refractivity contribution in [1.82, 2.24) is 15.5 Å². The molecule has 1 aromatic rings. The second kappa shape index (κ2) is 5.87. The molecular formula is C8H16N4OS. The number of hydrogen-bond acceptors (Lipinski definition) is 6. The van der Waals surface area contributed by atoms with E-state index in [1.807, 2.05) is 19.0 Å². The summed E-state index contributed by atoms with van der Waals surface area (Å²) in [5.41, 5.74) is 0. The Morgan fingerprint density at radius 2 is 2.29 bits per heavy atom. The van der Waals surface area contributed by atoms with E-state index in [1.165, 1.54) is 0 Å². The third kappa shape index (κ3) is 3.19. The smallest absolute Gasteiger partial charge is 0.317 e. The van der Waals surface area contributed by atoms with Crippen molar-refractivity contribution >= 4 is 17.8 Å². The van der Waals surface area contributed by atoms with Crippen molar-refractivity contribution in [3.8, 4) is 0 Å². The summed E-state index contributed by atoms with van der Waals surface area (Å²) < 4.78 is 5.41. The molecule has 0 radical (unpaired) electrons. The van der Waals surface area contributed by atoms with Crippen molar-refractivity contribution in [2.24, 2.45) is 0 Å². The van der Waals surface area contributed by atoms with E-state index in [0.717, 1.165) is 12.3 Å². The molecule has 5 nitrogen and oxygen atoms in total. The highest BCUT2D eigenvalue weighted by molar-refractivity contribution is 7.98. The summed E-state index contributed by atoms with van der Waals surface area (Å²) in [6.45, 7) is 1.53. The maximum atomic E-state index is 5.41. The van der Waals surface area contributed by atoms with Crippen LogP contribution in [0.3, 0.4) is 0 Å². The summed E-state index contributed by atoms with van der Waals surface area (Å²) in [7, 11) is 3.80. The lowest BCUT2D eigenvalue weighted by atomic mass is 10.6. The normalized spacial score (nSPS) is 10.5. The third-order valence-electron chi connectivity index (χ3n) is 1.74. The van der Waals surface area contributed by atoms with Crippen molar-refractivity contribution in [3.05, 3.63) is 5.89 Å². The van der Waals surface area contributed by atoms with E-state index in [4.69, 9.17) is 4.42 Å². The van der Waals surface area contributed by atoms with Crippen LogP contribution >= 0.6 is 11.8 Å². The van der Waals surface area contributed by atoms with Crippen LogP contribution in [-0.2, 0) is 6.54 Å². The SMILES string of the molecule is CNCc1nnc(N(C)CCSC)o1. The first-order valence-corrected chi connectivity index (χ1v) is 5.84. The summed E-state index contributed by atoms with van der Waals surface area (Å²) >= 11 is 1.80. The molecule has 0 aromatic carbocycles. The summed E-state index contributed by atoms with van der Waals surface area (Å²) in [6.07, 6.45) is 2.08. The highest BCUT2D eigenvalue weighted by atomic mass is 32.2. The lowest BCUT2D eigenvalue weighted by Crippen LogP contribution is -2.20. The fourth-order valence-electron chi connectivity index (χ4n) is 0.946. The van der Waals surface area contributed by atoms with Gasteiger partial charge in [-0.1, -0.05) is 5.10 Å². The van der Waals surface area contributed by atoms with Crippen LogP contribution in [0.2, 0.25) is 0 Å². The van der Waals surface area contributed by atoms with Gasteiger partial charge in [0.05, 0.1) is 6.54 Å². The lowest BCUT2D eigenvalue weighted by molar-refractivity contribution is 0.478. The molecule has 1 heterocycles. The molecular weight excluding hydrogens is 200 g/mol. The number of anilines is 1. The van der Waals surface area contributed by atoms with Crippen LogP contribution in [0.25, 0.3) is 0 Å². The van der Waals surface area contributed by atoms with Crippen LogP contribution in [0.5, 0.6) is 0 Å². The number of thioether (sulfide) groups is 1. The van der Waals surface area contributed by atoms with Crippen molar-refractivity contribution in [1.29, 1.82) is 0 Å². The van der Waals surface area contributed by atoms with Crippen molar-refractivity contribution < 1.29 is 4.42 Å². The minimum Gasteiger partial charge on any atom is -0.407 e. The molecule has 0 aliphatic rings. The Labute approximate surface area is 88.3 Å². The van der Waals surface area contributed by atoms with Gasteiger partial charge in [0.1, 0.15) is 0 Å². The van der Waals surface area contributed by atoms with Crippen LogP contribution in [0.1, 0.15) is 5.89 Å². The van der Waals surface area contributed by atoms with Gasteiger partial charge in [-0.25, -0.2) is 0 Å². The second-order valence-corrected chi connectivity index (χ2v) is 3.91. The molecule has 0 spiro atoms. The zero-order chi connectivity index (χ0) is 10.4.